The molecule has 0 spiro atoms. The van der Waals surface area contributed by atoms with Crippen LogP contribution in [-0.2, 0) is 9.53 Å². The first-order valence-corrected chi connectivity index (χ1v) is 5.20. The van der Waals surface area contributed by atoms with Gasteiger partial charge in [0, 0.05) is 6.42 Å². The van der Waals surface area contributed by atoms with Gasteiger partial charge in [0.05, 0.1) is 0 Å². The zero-order valence-corrected chi connectivity index (χ0v) is 10.3. The van der Waals surface area contributed by atoms with Crippen molar-refractivity contribution in [2.24, 2.45) is 0 Å². The normalized spacial score (nSPS) is 13.9. The van der Waals surface area contributed by atoms with Crippen molar-refractivity contribution < 1.29 is 32.6 Å². The molecule has 18 heavy (non-hydrogen) atoms. The minimum atomic E-state index is -4.72. The lowest BCUT2D eigenvalue weighted by atomic mass is 10.1. The van der Waals surface area contributed by atoms with Gasteiger partial charge in [-0.15, -0.1) is 0 Å². The number of hydrogen-bond acceptors (Lipinski definition) is 3. The van der Waals surface area contributed by atoms with E-state index in [1.807, 2.05) is 0 Å². The molecule has 0 fully saturated rings. The second-order valence-electron chi connectivity index (χ2n) is 4.67. The van der Waals surface area contributed by atoms with E-state index in [1.54, 1.807) is 5.32 Å². The molecule has 0 saturated heterocycles. The zero-order chi connectivity index (χ0) is 14.6. The van der Waals surface area contributed by atoms with Crippen molar-refractivity contribution in [1.82, 2.24) is 5.32 Å². The van der Waals surface area contributed by atoms with Gasteiger partial charge in [-0.3, -0.25) is 4.79 Å². The summed E-state index contributed by atoms with van der Waals surface area (Å²) >= 11 is 0. The Hall–Kier alpha value is -1.47. The Morgan fingerprint density at radius 3 is 2.11 bits per heavy atom. The van der Waals surface area contributed by atoms with Gasteiger partial charge in [-0.1, -0.05) is 0 Å². The van der Waals surface area contributed by atoms with Crippen LogP contribution in [0.1, 0.15) is 33.6 Å². The fourth-order valence-electron chi connectivity index (χ4n) is 1.04. The van der Waals surface area contributed by atoms with E-state index in [4.69, 9.17) is 5.11 Å². The predicted octanol–water partition coefficient (Wildman–Crippen LogP) is 2.31. The van der Waals surface area contributed by atoms with E-state index in [0.717, 1.165) is 0 Å². The second-order valence-corrected chi connectivity index (χ2v) is 4.67. The van der Waals surface area contributed by atoms with E-state index in [0.29, 0.717) is 0 Å². The number of carbonyl (C=O) groups excluding carboxylic acids is 1. The first kappa shape index (κ1) is 16.5. The number of alkyl halides is 3. The highest BCUT2D eigenvalue weighted by Gasteiger charge is 2.41. The molecular formula is C10H16F3NO4. The van der Waals surface area contributed by atoms with Crippen LogP contribution in [0.4, 0.5) is 18.0 Å². The van der Waals surface area contributed by atoms with Gasteiger partial charge in [-0.05, 0) is 27.2 Å². The van der Waals surface area contributed by atoms with E-state index in [-0.39, 0.29) is 0 Å². The van der Waals surface area contributed by atoms with Gasteiger partial charge in [0.15, 0.2) is 0 Å². The Kier molecular flexibility index (Phi) is 5.44. The molecule has 2 N–H and O–H groups in total. The topological polar surface area (TPSA) is 75.6 Å². The lowest BCUT2D eigenvalue weighted by Gasteiger charge is -2.24. The fraction of sp³-hybridized carbons (Fsp3) is 0.800. The van der Waals surface area contributed by atoms with Crippen LogP contribution in [0.25, 0.3) is 0 Å². The molecule has 0 unspecified atom stereocenters. The number of nitrogens with one attached hydrogen (secondary N) is 1. The van der Waals surface area contributed by atoms with Gasteiger partial charge in [0.25, 0.3) is 0 Å². The molecule has 0 bridgehead atoms. The Morgan fingerprint density at radius 2 is 1.78 bits per heavy atom. The standard InChI is InChI=1S/C10H16F3NO4/c1-9(2,3)18-8(17)14-6(10(11,12)13)4-5-7(15)16/h6H,4-5H2,1-3H3,(H,14,17)(H,15,16)/t6-/m1/s1. The van der Waals surface area contributed by atoms with Crippen molar-refractivity contribution in [3.8, 4) is 0 Å². The molecule has 0 saturated carbocycles. The first-order chi connectivity index (χ1) is 7.92. The maximum atomic E-state index is 12.5. The van der Waals surface area contributed by atoms with E-state index < -0.39 is 42.7 Å². The average molecular weight is 271 g/mol. The molecule has 8 heteroatoms. The van der Waals surface area contributed by atoms with Crippen molar-refractivity contribution in [2.45, 2.75) is 51.4 Å². The van der Waals surface area contributed by atoms with Crippen molar-refractivity contribution in [1.29, 1.82) is 0 Å². The van der Waals surface area contributed by atoms with Crippen LogP contribution in [0.5, 0.6) is 0 Å². The highest BCUT2D eigenvalue weighted by molar-refractivity contribution is 5.69. The molecule has 1 amide bonds. The molecule has 0 heterocycles. The third-order valence-electron chi connectivity index (χ3n) is 1.73. The molecule has 0 rings (SSSR count). The molecule has 0 aromatic rings. The monoisotopic (exact) mass is 271 g/mol. The van der Waals surface area contributed by atoms with E-state index in [1.165, 1.54) is 20.8 Å². The minimum Gasteiger partial charge on any atom is -0.481 e. The van der Waals surface area contributed by atoms with Crippen LogP contribution in [0.2, 0.25) is 0 Å². The third-order valence-corrected chi connectivity index (χ3v) is 1.73. The summed E-state index contributed by atoms with van der Waals surface area (Å²) < 4.78 is 42.2. The number of carboxylic acid groups (broad SMARTS) is 1. The number of ether oxygens (including phenoxy) is 1. The summed E-state index contributed by atoms with van der Waals surface area (Å²) in [5.41, 5.74) is -0.924. The molecule has 106 valence electrons. The maximum absolute atomic E-state index is 12.5. The SMILES string of the molecule is CC(C)(C)OC(=O)N[C@H](CCC(=O)O)C(F)(F)F. The third kappa shape index (κ3) is 7.75. The molecular weight excluding hydrogens is 255 g/mol. The molecule has 1 atom stereocenters. The minimum absolute atomic E-state index is 0.694. The lowest BCUT2D eigenvalue weighted by Crippen LogP contribution is -2.47. The Bertz CT molecular complexity index is 309. The number of halogens is 3. The predicted molar refractivity (Wildman–Crippen MR) is 56.1 cm³/mol. The van der Waals surface area contributed by atoms with Gasteiger partial charge < -0.3 is 15.2 Å². The van der Waals surface area contributed by atoms with Crippen molar-refractivity contribution >= 4 is 12.1 Å². The van der Waals surface area contributed by atoms with Gasteiger partial charge >= 0.3 is 18.2 Å². The number of hydrogen-bond donors (Lipinski definition) is 2. The van der Waals surface area contributed by atoms with Crippen LogP contribution >= 0.6 is 0 Å². The lowest BCUT2D eigenvalue weighted by molar-refractivity contribution is -0.158. The summed E-state index contributed by atoms with van der Waals surface area (Å²) in [7, 11) is 0. The largest absolute Gasteiger partial charge is 0.481 e. The number of aliphatic carboxylic acids is 1. The number of alkyl carbamates (subject to hydrolysis) is 1. The van der Waals surface area contributed by atoms with Gasteiger partial charge in [0.2, 0.25) is 0 Å². The molecule has 0 aliphatic carbocycles. The Labute approximate surface area is 102 Å². The molecule has 0 aliphatic rings. The smallest absolute Gasteiger partial charge is 0.408 e. The van der Waals surface area contributed by atoms with Crippen LogP contribution in [0.3, 0.4) is 0 Å². The van der Waals surface area contributed by atoms with Crippen molar-refractivity contribution in [2.75, 3.05) is 0 Å². The quantitative estimate of drug-likeness (QED) is 0.822. The highest BCUT2D eigenvalue weighted by Crippen LogP contribution is 2.24. The van der Waals surface area contributed by atoms with Crippen LogP contribution in [-0.4, -0.2) is 35.0 Å². The average Bonchev–Trinajstić information content (AvgIpc) is 2.06. The molecule has 0 aromatic heterocycles. The fourth-order valence-corrected chi connectivity index (χ4v) is 1.04. The number of carbonyl (C=O) groups is 2. The second kappa shape index (κ2) is 5.92. The molecule has 5 nitrogen and oxygen atoms in total. The summed E-state index contributed by atoms with van der Waals surface area (Å²) in [5, 5.41) is 9.96. The van der Waals surface area contributed by atoms with Gasteiger partial charge in [0.1, 0.15) is 11.6 Å². The number of carboxylic acids is 1. The Balaban J connectivity index is 4.51. The van der Waals surface area contributed by atoms with E-state index >= 15 is 0 Å². The maximum Gasteiger partial charge on any atom is 0.408 e. The van der Waals surface area contributed by atoms with Gasteiger partial charge in [-0.2, -0.15) is 13.2 Å². The number of rotatable bonds is 4. The summed E-state index contributed by atoms with van der Waals surface area (Å²) in [6.45, 7) is 4.52. The first-order valence-electron chi connectivity index (χ1n) is 5.20. The molecule has 0 radical (unpaired) electrons. The van der Waals surface area contributed by atoms with E-state index in [2.05, 4.69) is 4.74 Å². The van der Waals surface area contributed by atoms with Gasteiger partial charge in [-0.25, -0.2) is 4.79 Å². The van der Waals surface area contributed by atoms with Crippen LogP contribution in [0.15, 0.2) is 0 Å². The number of amides is 1. The highest BCUT2D eigenvalue weighted by atomic mass is 19.4. The Morgan fingerprint density at radius 1 is 1.28 bits per heavy atom. The van der Waals surface area contributed by atoms with E-state index in [9.17, 15) is 22.8 Å². The summed E-state index contributed by atoms with van der Waals surface area (Å²) in [4.78, 5) is 21.4. The summed E-state index contributed by atoms with van der Waals surface area (Å²) in [5.74, 6) is -1.37. The van der Waals surface area contributed by atoms with Crippen LogP contribution < -0.4 is 5.32 Å². The summed E-state index contributed by atoms with van der Waals surface area (Å²) in [6, 6.07) is -2.23. The molecule has 0 aliphatic heterocycles. The zero-order valence-electron chi connectivity index (χ0n) is 10.3. The summed E-state index contributed by atoms with van der Waals surface area (Å²) in [6.07, 6.45) is -7.38. The molecule has 0 aromatic carbocycles. The van der Waals surface area contributed by atoms with Crippen LogP contribution in [0, 0.1) is 0 Å². The van der Waals surface area contributed by atoms with Crippen molar-refractivity contribution in [3.63, 3.8) is 0 Å². The van der Waals surface area contributed by atoms with Crippen molar-refractivity contribution in [3.05, 3.63) is 0 Å².